The summed E-state index contributed by atoms with van der Waals surface area (Å²) in [5.41, 5.74) is 5.87. The summed E-state index contributed by atoms with van der Waals surface area (Å²) in [6.45, 7) is 0. The molecule has 1 aliphatic heterocycles. The van der Waals surface area contributed by atoms with Crippen molar-refractivity contribution in [2.75, 3.05) is 10.6 Å². The van der Waals surface area contributed by atoms with Crippen molar-refractivity contribution < 1.29 is 4.79 Å². The first-order valence-electron chi connectivity index (χ1n) is 5.37. The second kappa shape index (κ2) is 3.07. The number of hydrogen-bond acceptors (Lipinski definition) is 4. The van der Waals surface area contributed by atoms with Crippen LogP contribution in [0.5, 0.6) is 0 Å². The number of fused-ring (bicyclic) bond motifs is 1. The van der Waals surface area contributed by atoms with Crippen molar-refractivity contribution in [3.05, 3.63) is 15.9 Å². The zero-order valence-electron chi connectivity index (χ0n) is 8.69. The molecule has 84 valence electrons. The highest BCUT2D eigenvalue weighted by Crippen LogP contribution is 2.35. The lowest BCUT2D eigenvalue weighted by molar-refractivity contribution is -0.119. The Morgan fingerprint density at radius 1 is 1.31 bits per heavy atom. The van der Waals surface area contributed by atoms with E-state index in [9.17, 15) is 9.59 Å². The summed E-state index contributed by atoms with van der Waals surface area (Å²) in [7, 11) is 0. The summed E-state index contributed by atoms with van der Waals surface area (Å²) in [4.78, 5) is 31.7. The Balaban J connectivity index is 2.18. The predicted molar refractivity (Wildman–Crippen MR) is 58.1 cm³/mol. The average molecular weight is 220 g/mol. The van der Waals surface area contributed by atoms with Gasteiger partial charge in [-0.25, -0.2) is 0 Å². The summed E-state index contributed by atoms with van der Waals surface area (Å²) < 4.78 is 0. The third kappa shape index (κ3) is 1.30. The van der Waals surface area contributed by atoms with Crippen LogP contribution in [0.2, 0.25) is 0 Å². The summed E-state index contributed by atoms with van der Waals surface area (Å²) in [6, 6.07) is 0.222. The largest absolute Gasteiger partial charge is 0.369 e. The molecule has 16 heavy (non-hydrogen) atoms. The van der Waals surface area contributed by atoms with Gasteiger partial charge in [-0.1, -0.05) is 0 Å². The molecule has 0 radical (unpaired) electrons. The zero-order valence-corrected chi connectivity index (χ0v) is 8.69. The molecule has 1 aliphatic carbocycles. The van der Waals surface area contributed by atoms with Crippen molar-refractivity contribution in [2.45, 2.75) is 31.7 Å². The van der Waals surface area contributed by atoms with Gasteiger partial charge in [-0.3, -0.25) is 19.5 Å². The van der Waals surface area contributed by atoms with Crippen LogP contribution in [0, 0.1) is 0 Å². The van der Waals surface area contributed by atoms with E-state index < -0.39 is 0 Å². The van der Waals surface area contributed by atoms with Crippen LogP contribution in [0.4, 0.5) is 11.8 Å². The molecule has 1 saturated carbocycles. The van der Waals surface area contributed by atoms with Crippen LogP contribution in [0.3, 0.4) is 0 Å². The van der Waals surface area contributed by atoms with E-state index in [1.807, 2.05) is 0 Å². The molecule has 0 atom stereocenters. The minimum atomic E-state index is -0.222. The molecule has 1 aromatic heterocycles. The lowest BCUT2D eigenvalue weighted by Crippen LogP contribution is -2.40. The summed E-state index contributed by atoms with van der Waals surface area (Å²) in [5.74, 6) is 0.594. The minimum Gasteiger partial charge on any atom is -0.369 e. The van der Waals surface area contributed by atoms with E-state index in [0.717, 1.165) is 12.8 Å². The van der Waals surface area contributed by atoms with Gasteiger partial charge in [-0.15, -0.1) is 0 Å². The molecule has 0 unspecified atom stereocenters. The molecular formula is C10H12N4O2. The van der Waals surface area contributed by atoms with E-state index in [2.05, 4.69) is 9.97 Å². The van der Waals surface area contributed by atoms with Crippen LogP contribution in [0.25, 0.3) is 0 Å². The Kier molecular flexibility index (Phi) is 1.80. The lowest BCUT2D eigenvalue weighted by Gasteiger charge is -2.27. The monoisotopic (exact) mass is 220 g/mol. The van der Waals surface area contributed by atoms with Gasteiger partial charge < -0.3 is 5.73 Å². The summed E-state index contributed by atoms with van der Waals surface area (Å²) >= 11 is 0. The first-order chi connectivity index (χ1) is 7.66. The second-order valence-corrected chi connectivity index (χ2v) is 4.25. The molecule has 2 heterocycles. The molecule has 1 aromatic rings. The highest BCUT2D eigenvalue weighted by molar-refractivity contribution is 5.96. The zero-order chi connectivity index (χ0) is 11.3. The number of aromatic nitrogens is 2. The molecular weight excluding hydrogens is 208 g/mol. The van der Waals surface area contributed by atoms with Gasteiger partial charge in [0.25, 0.3) is 5.56 Å². The minimum absolute atomic E-state index is 0.0486. The van der Waals surface area contributed by atoms with E-state index in [-0.39, 0.29) is 23.5 Å². The van der Waals surface area contributed by atoms with Crippen molar-refractivity contribution >= 4 is 17.7 Å². The molecule has 3 rings (SSSR count). The number of aromatic amines is 1. The fourth-order valence-corrected chi connectivity index (χ4v) is 2.11. The maximum atomic E-state index is 11.8. The first-order valence-corrected chi connectivity index (χ1v) is 5.37. The van der Waals surface area contributed by atoms with E-state index in [1.54, 1.807) is 4.90 Å². The van der Waals surface area contributed by atoms with Crippen LogP contribution in [0.15, 0.2) is 4.79 Å². The number of carbonyl (C=O) groups is 1. The Morgan fingerprint density at radius 2 is 2.06 bits per heavy atom. The second-order valence-electron chi connectivity index (χ2n) is 4.25. The van der Waals surface area contributed by atoms with Crippen molar-refractivity contribution in [1.82, 2.24) is 9.97 Å². The SMILES string of the molecule is Nc1nc2c(c(=O)[nH]1)CCC(=O)N2C1CC1. The normalized spacial score (nSPS) is 19.8. The molecule has 1 amide bonds. The summed E-state index contributed by atoms with van der Waals surface area (Å²) in [5, 5.41) is 0. The number of H-pyrrole nitrogens is 1. The number of hydrogen-bond donors (Lipinski definition) is 2. The van der Waals surface area contributed by atoms with Gasteiger partial charge in [0.15, 0.2) is 0 Å². The molecule has 0 bridgehead atoms. The van der Waals surface area contributed by atoms with Gasteiger partial charge in [0.2, 0.25) is 11.9 Å². The van der Waals surface area contributed by atoms with Gasteiger partial charge >= 0.3 is 0 Å². The van der Waals surface area contributed by atoms with Gasteiger partial charge in [0, 0.05) is 12.5 Å². The molecule has 0 spiro atoms. The molecule has 2 aliphatic rings. The number of nitrogen functional groups attached to an aromatic ring is 1. The average Bonchev–Trinajstić information content (AvgIpc) is 3.00. The molecule has 6 heteroatoms. The van der Waals surface area contributed by atoms with E-state index in [4.69, 9.17) is 5.73 Å². The van der Waals surface area contributed by atoms with Gasteiger partial charge in [-0.2, -0.15) is 4.98 Å². The molecule has 6 nitrogen and oxygen atoms in total. The number of anilines is 2. The number of rotatable bonds is 1. The number of nitrogens with zero attached hydrogens (tertiary/aromatic N) is 2. The molecule has 0 saturated heterocycles. The molecule has 0 aromatic carbocycles. The molecule has 1 fully saturated rings. The predicted octanol–water partition coefficient (Wildman–Crippen LogP) is -0.206. The van der Waals surface area contributed by atoms with Gasteiger partial charge in [-0.05, 0) is 19.3 Å². The Labute approximate surface area is 91.5 Å². The number of amides is 1. The molecule has 3 N–H and O–H groups in total. The van der Waals surface area contributed by atoms with Crippen LogP contribution >= 0.6 is 0 Å². The lowest BCUT2D eigenvalue weighted by atomic mass is 10.1. The fourth-order valence-electron chi connectivity index (χ4n) is 2.11. The van der Waals surface area contributed by atoms with Crippen molar-refractivity contribution in [1.29, 1.82) is 0 Å². The summed E-state index contributed by atoms with van der Waals surface area (Å²) in [6.07, 6.45) is 2.82. The van der Waals surface area contributed by atoms with Crippen LogP contribution < -0.4 is 16.2 Å². The quantitative estimate of drug-likeness (QED) is 0.685. The maximum Gasteiger partial charge on any atom is 0.257 e. The maximum absolute atomic E-state index is 11.8. The fraction of sp³-hybridized carbons (Fsp3) is 0.500. The highest BCUT2D eigenvalue weighted by atomic mass is 16.2. The Hall–Kier alpha value is -1.85. The highest BCUT2D eigenvalue weighted by Gasteiger charge is 2.38. The van der Waals surface area contributed by atoms with Crippen LogP contribution in [-0.2, 0) is 11.2 Å². The van der Waals surface area contributed by atoms with Crippen LogP contribution in [0.1, 0.15) is 24.8 Å². The van der Waals surface area contributed by atoms with Gasteiger partial charge in [0.1, 0.15) is 5.82 Å². The van der Waals surface area contributed by atoms with E-state index in [0.29, 0.717) is 24.2 Å². The van der Waals surface area contributed by atoms with E-state index >= 15 is 0 Å². The topological polar surface area (TPSA) is 92.1 Å². The number of nitrogens with one attached hydrogen (secondary N) is 1. The van der Waals surface area contributed by atoms with Crippen molar-refractivity contribution in [3.63, 3.8) is 0 Å². The van der Waals surface area contributed by atoms with Crippen LogP contribution in [-0.4, -0.2) is 21.9 Å². The Bertz CT molecular complexity index is 518. The standard InChI is InChI=1S/C10H12N4O2/c11-10-12-8-6(9(16)13-10)3-4-7(15)14(8)5-1-2-5/h5H,1-4H2,(H3,11,12,13,16). The third-order valence-corrected chi connectivity index (χ3v) is 3.01. The van der Waals surface area contributed by atoms with E-state index in [1.165, 1.54) is 0 Å². The third-order valence-electron chi connectivity index (χ3n) is 3.01. The smallest absolute Gasteiger partial charge is 0.257 e. The Morgan fingerprint density at radius 3 is 2.75 bits per heavy atom. The van der Waals surface area contributed by atoms with Crippen molar-refractivity contribution in [2.24, 2.45) is 0 Å². The first kappa shape index (κ1) is 9.38. The van der Waals surface area contributed by atoms with Gasteiger partial charge in [0.05, 0.1) is 5.56 Å². The number of carbonyl (C=O) groups excluding carboxylic acids is 1. The van der Waals surface area contributed by atoms with Crippen molar-refractivity contribution in [3.8, 4) is 0 Å². The number of nitrogens with two attached hydrogens (primary N) is 1.